The Hall–Kier alpha value is -1.92. The Balaban J connectivity index is 2.35. The molecule has 4 nitrogen and oxygen atoms in total. The van der Waals surface area contributed by atoms with E-state index in [1.807, 2.05) is 0 Å². The van der Waals surface area contributed by atoms with E-state index in [0.29, 0.717) is 5.69 Å². The zero-order chi connectivity index (χ0) is 15.5. The van der Waals surface area contributed by atoms with Gasteiger partial charge in [-0.1, -0.05) is 31.2 Å². The van der Waals surface area contributed by atoms with Gasteiger partial charge in [-0.05, 0) is 29.8 Å². The molecule has 0 aliphatic heterocycles. The lowest BCUT2D eigenvalue weighted by molar-refractivity contribution is 0.423. The van der Waals surface area contributed by atoms with Crippen molar-refractivity contribution in [3.63, 3.8) is 0 Å². The van der Waals surface area contributed by atoms with Crippen LogP contribution in [-0.4, -0.2) is 19.3 Å². The third kappa shape index (κ3) is 3.40. The van der Waals surface area contributed by atoms with Gasteiger partial charge in [0.15, 0.2) is 0 Å². The van der Waals surface area contributed by atoms with E-state index in [4.69, 9.17) is 5.73 Å². The Labute approximate surface area is 124 Å². The molecule has 2 aromatic rings. The molecule has 0 spiro atoms. The zero-order valence-corrected chi connectivity index (χ0v) is 12.5. The van der Waals surface area contributed by atoms with Gasteiger partial charge in [0.2, 0.25) is 10.0 Å². The predicted molar refractivity (Wildman–Crippen MR) is 80.5 cm³/mol. The Kier molecular flexibility index (Phi) is 4.59. The molecule has 2 rings (SSSR count). The maximum atomic E-state index is 13.3. The summed E-state index contributed by atoms with van der Waals surface area (Å²) in [5, 5.41) is 0. The monoisotopic (exact) mass is 308 g/mol. The summed E-state index contributed by atoms with van der Waals surface area (Å²) in [6.07, 6.45) is 0. The van der Waals surface area contributed by atoms with Gasteiger partial charge in [0.1, 0.15) is 5.82 Å². The van der Waals surface area contributed by atoms with Crippen molar-refractivity contribution in [3.8, 4) is 0 Å². The van der Waals surface area contributed by atoms with E-state index < -0.39 is 15.8 Å². The van der Waals surface area contributed by atoms with Crippen LogP contribution >= 0.6 is 0 Å². The minimum atomic E-state index is -3.75. The largest absolute Gasteiger partial charge is 0.398 e. The van der Waals surface area contributed by atoms with Crippen molar-refractivity contribution in [1.82, 2.24) is 4.31 Å². The topological polar surface area (TPSA) is 63.4 Å². The van der Waals surface area contributed by atoms with Crippen molar-refractivity contribution in [2.24, 2.45) is 0 Å². The number of nitrogen functional groups attached to an aromatic ring is 1. The lowest BCUT2D eigenvalue weighted by Crippen LogP contribution is -2.30. The number of para-hydroxylation sites is 1. The van der Waals surface area contributed by atoms with Gasteiger partial charge in [-0.25, -0.2) is 12.8 Å². The molecule has 0 bridgehead atoms. The van der Waals surface area contributed by atoms with E-state index in [1.54, 1.807) is 31.2 Å². The highest BCUT2D eigenvalue weighted by Crippen LogP contribution is 2.21. The lowest BCUT2D eigenvalue weighted by atomic mass is 10.2. The Bertz CT molecular complexity index is 732. The van der Waals surface area contributed by atoms with Crippen LogP contribution in [0, 0.1) is 5.82 Å². The summed E-state index contributed by atoms with van der Waals surface area (Å²) in [7, 11) is -3.75. The Morgan fingerprint density at radius 1 is 1.14 bits per heavy atom. The fourth-order valence-corrected chi connectivity index (χ4v) is 3.47. The summed E-state index contributed by atoms with van der Waals surface area (Å²) in [4.78, 5) is -0.0566. The van der Waals surface area contributed by atoms with Crippen molar-refractivity contribution in [2.75, 3.05) is 12.3 Å². The number of hydrogen-bond donors (Lipinski definition) is 1. The predicted octanol–water partition coefficient (Wildman–Crippen LogP) is 2.62. The Morgan fingerprint density at radius 3 is 2.48 bits per heavy atom. The standard InChI is InChI=1S/C15H17FN2O2S/c1-2-18(11-12-6-3-4-9-15(12)17)21(19,20)14-8-5-7-13(16)10-14/h3-10H,2,11,17H2,1H3. The molecule has 2 aromatic carbocycles. The number of anilines is 1. The van der Waals surface area contributed by atoms with Gasteiger partial charge in [0, 0.05) is 18.8 Å². The van der Waals surface area contributed by atoms with Gasteiger partial charge in [-0.3, -0.25) is 0 Å². The molecule has 2 N–H and O–H groups in total. The second kappa shape index (κ2) is 6.24. The fraction of sp³-hybridized carbons (Fsp3) is 0.200. The summed E-state index contributed by atoms with van der Waals surface area (Å²) in [6.45, 7) is 2.16. The molecule has 0 saturated carbocycles. The molecule has 0 aromatic heterocycles. The molecular formula is C15H17FN2O2S. The number of rotatable bonds is 5. The first kappa shape index (κ1) is 15.5. The number of hydrogen-bond acceptors (Lipinski definition) is 3. The molecule has 6 heteroatoms. The highest BCUT2D eigenvalue weighted by atomic mass is 32.2. The van der Waals surface area contributed by atoms with E-state index in [1.165, 1.54) is 22.5 Å². The number of sulfonamides is 1. The number of nitrogens with zero attached hydrogens (tertiary/aromatic N) is 1. The molecule has 0 aliphatic carbocycles. The van der Waals surface area contributed by atoms with Crippen molar-refractivity contribution in [2.45, 2.75) is 18.4 Å². The van der Waals surface area contributed by atoms with Gasteiger partial charge in [0.05, 0.1) is 4.90 Å². The van der Waals surface area contributed by atoms with E-state index >= 15 is 0 Å². The molecule has 0 atom stereocenters. The molecule has 0 radical (unpaired) electrons. The molecular weight excluding hydrogens is 291 g/mol. The van der Waals surface area contributed by atoms with E-state index in [-0.39, 0.29) is 18.0 Å². The zero-order valence-electron chi connectivity index (χ0n) is 11.7. The maximum absolute atomic E-state index is 13.3. The van der Waals surface area contributed by atoms with Crippen LogP contribution in [0.3, 0.4) is 0 Å². The van der Waals surface area contributed by atoms with Crippen molar-refractivity contribution in [1.29, 1.82) is 0 Å². The van der Waals surface area contributed by atoms with E-state index in [0.717, 1.165) is 11.6 Å². The summed E-state index contributed by atoms with van der Waals surface area (Å²) >= 11 is 0. The summed E-state index contributed by atoms with van der Waals surface area (Å²) in [6, 6.07) is 12.1. The van der Waals surface area contributed by atoms with Crippen LogP contribution in [0.1, 0.15) is 12.5 Å². The van der Waals surface area contributed by atoms with Crippen molar-refractivity contribution in [3.05, 3.63) is 59.9 Å². The van der Waals surface area contributed by atoms with Crippen LogP contribution in [0.15, 0.2) is 53.4 Å². The molecule has 0 amide bonds. The van der Waals surface area contributed by atoms with Gasteiger partial charge < -0.3 is 5.73 Å². The SMILES string of the molecule is CCN(Cc1ccccc1N)S(=O)(=O)c1cccc(F)c1. The van der Waals surface area contributed by atoms with Crippen LogP contribution in [0.5, 0.6) is 0 Å². The quantitative estimate of drug-likeness (QED) is 0.864. The number of nitrogens with two attached hydrogens (primary N) is 1. The highest BCUT2D eigenvalue weighted by Gasteiger charge is 2.24. The van der Waals surface area contributed by atoms with Crippen molar-refractivity contribution >= 4 is 15.7 Å². The van der Waals surface area contributed by atoms with E-state index in [9.17, 15) is 12.8 Å². The molecule has 0 unspecified atom stereocenters. The van der Waals surface area contributed by atoms with Gasteiger partial charge >= 0.3 is 0 Å². The summed E-state index contributed by atoms with van der Waals surface area (Å²) in [5.41, 5.74) is 7.10. The number of halogens is 1. The smallest absolute Gasteiger partial charge is 0.243 e. The second-order valence-electron chi connectivity index (χ2n) is 4.59. The van der Waals surface area contributed by atoms with Gasteiger partial charge in [-0.15, -0.1) is 0 Å². The molecule has 0 fully saturated rings. The first-order chi connectivity index (χ1) is 9.95. The Morgan fingerprint density at radius 2 is 1.86 bits per heavy atom. The second-order valence-corrected chi connectivity index (χ2v) is 6.53. The molecule has 21 heavy (non-hydrogen) atoms. The number of benzene rings is 2. The van der Waals surface area contributed by atoms with Crippen LogP contribution in [-0.2, 0) is 16.6 Å². The normalized spacial score (nSPS) is 11.8. The third-order valence-electron chi connectivity index (χ3n) is 3.19. The average molecular weight is 308 g/mol. The average Bonchev–Trinajstić information content (AvgIpc) is 2.46. The van der Waals surface area contributed by atoms with E-state index in [2.05, 4.69) is 0 Å². The molecule has 112 valence electrons. The lowest BCUT2D eigenvalue weighted by Gasteiger charge is -2.21. The van der Waals surface area contributed by atoms with Gasteiger partial charge in [0.25, 0.3) is 0 Å². The maximum Gasteiger partial charge on any atom is 0.243 e. The molecule has 0 saturated heterocycles. The third-order valence-corrected chi connectivity index (χ3v) is 5.11. The van der Waals surface area contributed by atoms with Gasteiger partial charge in [-0.2, -0.15) is 4.31 Å². The summed E-state index contributed by atoms with van der Waals surface area (Å²) < 4.78 is 39.6. The minimum absolute atomic E-state index is 0.0566. The first-order valence-corrected chi connectivity index (χ1v) is 7.98. The van der Waals surface area contributed by atoms with Crippen LogP contribution in [0.4, 0.5) is 10.1 Å². The van der Waals surface area contributed by atoms with Crippen LogP contribution in [0.2, 0.25) is 0 Å². The molecule has 0 aliphatic rings. The highest BCUT2D eigenvalue weighted by molar-refractivity contribution is 7.89. The summed E-state index contributed by atoms with van der Waals surface area (Å²) in [5.74, 6) is -0.577. The first-order valence-electron chi connectivity index (χ1n) is 6.54. The molecule has 0 heterocycles. The van der Waals surface area contributed by atoms with Crippen LogP contribution < -0.4 is 5.73 Å². The minimum Gasteiger partial charge on any atom is -0.398 e. The van der Waals surface area contributed by atoms with Crippen molar-refractivity contribution < 1.29 is 12.8 Å². The van der Waals surface area contributed by atoms with Crippen LogP contribution in [0.25, 0.3) is 0 Å². The fourth-order valence-electron chi connectivity index (χ4n) is 2.01.